The second-order valence-corrected chi connectivity index (χ2v) is 16.1. The molecule has 1 aromatic heterocycles. The molecule has 12 rings (SSSR count). The molecule has 2 nitrogen and oxygen atoms in total. The Morgan fingerprint density at radius 2 is 0.935 bits per heavy atom. The SMILES string of the molecule is c1ccc(-c2cccc(N(c3ccc(-c4cc5ccccc5c5ccccc45)cc3)c3ccccc3-c3cccc(-n4c5ccccc5c5c6ccccc6ccc54)c3)c2)cc1. The molecule has 0 spiro atoms. The van der Waals surface area contributed by atoms with Crippen LogP contribution in [0.3, 0.4) is 0 Å². The molecule has 0 aliphatic carbocycles. The van der Waals surface area contributed by atoms with E-state index in [0.29, 0.717) is 0 Å². The van der Waals surface area contributed by atoms with Gasteiger partial charge in [-0.15, -0.1) is 0 Å². The summed E-state index contributed by atoms with van der Waals surface area (Å²) in [4.78, 5) is 2.42. The first-order valence-corrected chi connectivity index (χ1v) is 21.3. The van der Waals surface area contributed by atoms with E-state index < -0.39 is 0 Å². The van der Waals surface area contributed by atoms with Crippen LogP contribution in [0.25, 0.3) is 93.2 Å². The van der Waals surface area contributed by atoms with E-state index in [2.05, 4.69) is 252 Å². The van der Waals surface area contributed by atoms with Crippen molar-refractivity contribution in [3.63, 3.8) is 0 Å². The first-order chi connectivity index (χ1) is 30.8. The number of aromatic nitrogens is 1. The second kappa shape index (κ2) is 14.8. The van der Waals surface area contributed by atoms with Gasteiger partial charge in [-0.05, 0) is 121 Å². The smallest absolute Gasteiger partial charge is 0.0547 e. The maximum Gasteiger partial charge on any atom is 0.0547 e. The van der Waals surface area contributed by atoms with Gasteiger partial charge in [0.15, 0.2) is 0 Å². The third-order valence-corrected chi connectivity index (χ3v) is 12.5. The molecule has 0 radical (unpaired) electrons. The fourth-order valence-electron chi connectivity index (χ4n) is 9.71. The Morgan fingerprint density at radius 1 is 0.290 bits per heavy atom. The highest BCUT2D eigenvalue weighted by Gasteiger charge is 2.20. The van der Waals surface area contributed by atoms with E-state index in [0.717, 1.165) is 33.9 Å². The summed E-state index contributed by atoms with van der Waals surface area (Å²) >= 11 is 0. The molecule has 0 aliphatic heterocycles. The maximum atomic E-state index is 2.43. The Bertz CT molecular complexity index is 3640. The molecule has 290 valence electrons. The standard InChI is InChI=1S/C60H40N2/c1-2-16-41(17-3-1)44-20-14-22-48(38-44)61(47-35-32-43(33-36-47)56-40-46-19-5-6-24-50(46)53-27-8-9-28-54(53)56)57-30-12-10-25-51(57)45-21-15-23-49(39-45)62-58-31-13-11-29-55(58)60-52-26-7-4-18-42(52)34-37-59(60)62/h1-40H. The zero-order chi connectivity index (χ0) is 41.0. The summed E-state index contributed by atoms with van der Waals surface area (Å²) < 4.78 is 2.43. The molecule has 0 bridgehead atoms. The lowest BCUT2D eigenvalue weighted by Crippen LogP contribution is -2.11. The minimum atomic E-state index is 1.09. The summed E-state index contributed by atoms with van der Waals surface area (Å²) in [6, 6.07) is 88.5. The van der Waals surface area contributed by atoms with Gasteiger partial charge in [-0.2, -0.15) is 0 Å². The van der Waals surface area contributed by atoms with Gasteiger partial charge in [0.25, 0.3) is 0 Å². The van der Waals surface area contributed by atoms with Crippen LogP contribution in [0.1, 0.15) is 0 Å². The van der Waals surface area contributed by atoms with E-state index in [1.165, 1.54) is 76.4 Å². The van der Waals surface area contributed by atoms with Crippen molar-refractivity contribution >= 4 is 71.2 Å². The van der Waals surface area contributed by atoms with E-state index in [9.17, 15) is 0 Å². The lowest BCUT2D eigenvalue weighted by atomic mass is 9.93. The number of anilines is 3. The summed E-state index contributed by atoms with van der Waals surface area (Å²) in [5, 5.41) is 10.1. The molecule has 0 amide bonds. The largest absolute Gasteiger partial charge is 0.310 e. The molecule has 0 N–H and O–H groups in total. The highest BCUT2D eigenvalue weighted by Crippen LogP contribution is 2.44. The third-order valence-electron chi connectivity index (χ3n) is 12.5. The lowest BCUT2D eigenvalue weighted by Gasteiger charge is -2.28. The normalized spacial score (nSPS) is 11.5. The van der Waals surface area contributed by atoms with Crippen LogP contribution in [0.4, 0.5) is 17.1 Å². The topological polar surface area (TPSA) is 8.17 Å². The van der Waals surface area contributed by atoms with Crippen LogP contribution >= 0.6 is 0 Å². The Kier molecular flexibility index (Phi) is 8.53. The Labute approximate surface area is 360 Å². The molecule has 2 heteroatoms. The summed E-state index contributed by atoms with van der Waals surface area (Å²) in [7, 11) is 0. The van der Waals surface area contributed by atoms with Crippen LogP contribution in [-0.2, 0) is 0 Å². The zero-order valence-corrected chi connectivity index (χ0v) is 34.0. The van der Waals surface area contributed by atoms with E-state index in [1.54, 1.807) is 0 Å². The van der Waals surface area contributed by atoms with Gasteiger partial charge in [0.05, 0.1) is 16.7 Å². The number of rotatable bonds is 7. The molecular formula is C60H40N2. The van der Waals surface area contributed by atoms with Gasteiger partial charge in [0.2, 0.25) is 0 Å². The molecule has 12 aromatic rings. The first kappa shape index (κ1) is 35.7. The van der Waals surface area contributed by atoms with Gasteiger partial charge in [-0.25, -0.2) is 0 Å². The highest BCUT2D eigenvalue weighted by atomic mass is 15.1. The summed E-state index contributed by atoms with van der Waals surface area (Å²) in [6.45, 7) is 0. The molecule has 0 fully saturated rings. The third kappa shape index (κ3) is 5.96. The number of hydrogen-bond acceptors (Lipinski definition) is 1. The average molecular weight is 789 g/mol. The number of para-hydroxylation sites is 2. The minimum absolute atomic E-state index is 1.09. The molecule has 0 unspecified atom stereocenters. The molecule has 0 saturated heterocycles. The quantitative estimate of drug-likeness (QED) is 0.146. The van der Waals surface area contributed by atoms with Crippen LogP contribution in [0, 0.1) is 0 Å². The van der Waals surface area contributed by atoms with Crippen molar-refractivity contribution in [2.45, 2.75) is 0 Å². The van der Waals surface area contributed by atoms with E-state index in [-0.39, 0.29) is 0 Å². The molecule has 1 heterocycles. The molecule has 0 saturated carbocycles. The van der Waals surface area contributed by atoms with Crippen molar-refractivity contribution in [1.29, 1.82) is 0 Å². The first-order valence-electron chi connectivity index (χ1n) is 21.3. The van der Waals surface area contributed by atoms with Crippen LogP contribution < -0.4 is 4.90 Å². The molecule has 0 aliphatic rings. The van der Waals surface area contributed by atoms with E-state index in [4.69, 9.17) is 0 Å². The number of benzene rings is 11. The van der Waals surface area contributed by atoms with Crippen LogP contribution in [0.5, 0.6) is 0 Å². The van der Waals surface area contributed by atoms with Crippen molar-refractivity contribution < 1.29 is 0 Å². The number of fused-ring (bicyclic) bond motifs is 8. The summed E-state index contributed by atoms with van der Waals surface area (Å²) in [5.74, 6) is 0. The maximum absolute atomic E-state index is 2.43. The van der Waals surface area contributed by atoms with Crippen molar-refractivity contribution in [1.82, 2.24) is 4.57 Å². The highest BCUT2D eigenvalue weighted by molar-refractivity contribution is 6.21. The number of nitrogens with zero attached hydrogens (tertiary/aromatic N) is 2. The van der Waals surface area contributed by atoms with E-state index >= 15 is 0 Å². The van der Waals surface area contributed by atoms with Gasteiger partial charge in [0.1, 0.15) is 0 Å². The average Bonchev–Trinajstić information content (AvgIpc) is 3.70. The second-order valence-electron chi connectivity index (χ2n) is 16.1. The van der Waals surface area contributed by atoms with Crippen molar-refractivity contribution in [3.8, 4) is 39.1 Å². The predicted molar refractivity (Wildman–Crippen MR) is 264 cm³/mol. The van der Waals surface area contributed by atoms with E-state index in [1.807, 2.05) is 0 Å². The molecule has 62 heavy (non-hydrogen) atoms. The fourth-order valence-corrected chi connectivity index (χ4v) is 9.71. The van der Waals surface area contributed by atoms with Gasteiger partial charge >= 0.3 is 0 Å². The van der Waals surface area contributed by atoms with Crippen LogP contribution in [0.15, 0.2) is 243 Å². The van der Waals surface area contributed by atoms with Crippen molar-refractivity contribution in [3.05, 3.63) is 243 Å². The van der Waals surface area contributed by atoms with Crippen LogP contribution in [-0.4, -0.2) is 4.57 Å². The van der Waals surface area contributed by atoms with Crippen LogP contribution in [0.2, 0.25) is 0 Å². The fraction of sp³-hybridized carbons (Fsp3) is 0. The van der Waals surface area contributed by atoms with Crippen molar-refractivity contribution in [2.75, 3.05) is 4.90 Å². The molecule has 11 aromatic carbocycles. The molecule has 0 atom stereocenters. The Balaban J connectivity index is 1.03. The van der Waals surface area contributed by atoms with Gasteiger partial charge < -0.3 is 9.47 Å². The van der Waals surface area contributed by atoms with Gasteiger partial charge in [-0.1, -0.05) is 182 Å². The van der Waals surface area contributed by atoms with Gasteiger partial charge in [-0.3, -0.25) is 0 Å². The zero-order valence-electron chi connectivity index (χ0n) is 34.0. The monoisotopic (exact) mass is 788 g/mol. The number of hydrogen-bond donors (Lipinski definition) is 0. The predicted octanol–water partition coefficient (Wildman–Crippen LogP) is 16.7. The summed E-state index contributed by atoms with van der Waals surface area (Å²) in [5.41, 5.74) is 13.9. The summed E-state index contributed by atoms with van der Waals surface area (Å²) in [6.07, 6.45) is 0. The Hall–Kier alpha value is -8.20. The van der Waals surface area contributed by atoms with Gasteiger partial charge in [0, 0.05) is 33.4 Å². The molecular weight excluding hydrogens is 749 g/mol. The lowest BCUT2D eigenvalue weighted by molar-refractivity contribution is 1.18. The van der Waals surface area contributed by atoms with Crippen molar-refractivity contribution in [2.24, 2.45) is 0 Å². The Morgan fingerprint density at radius 3 is 1.79 bits per heavy atom. The minimum Gasteiger partial charge on any atom is -0.310 e.